The molecule has 1 fully saturated rings. The molecular formula is C10H15BrO4. The highest BCUT2D eigenvalue weighted by atomic mass is 79.9. The highest BCUT2D eigenvalue weighted by Gasteiger charge is 2.37. The van der Waals surface area contributed by atoms with Crippen LogP contribution >= 0.6 is 15.9 Å². The van der Waals surface area contributed by atoms with Crippen LogP contribution in [0, 0.1) is 5.41 Å². The minimum Gasteiger partial charge on any atom is -0.498 e. The zero-order chi connectivity index (χ0) is 11.3. The number of hydrogen-bond acceptors (Lipinski definition) is 4. The second-order valence-corrected chi connectivity index (χ2v) is 4.50. The van der Waals surface area contributed by atoms with Crippen molar-refractivity contribution >= 4 is 22.1 Å². The van der Waals surface area contributed by atoms with E-state index in [9.17, 15) is 4.79 Å². The van der Waals surface area contributed by atoms with Crippen LogP contribution in [-0.2, 0) is 14.2 Å². The molecule has 0 bridgehead atoms. The SMILES string of the molecule is C=C(OCCCBr)C1(C)COC(=O)OC1. The Morgan fingerprint density at radius 3 is 2.73 bits per heavy atom. The maximum Gasteiger partial charge on any atom is 0.508 e. The van der Waals surface area contributed by atoms with Gasteiger partial charge < -0.3 is 14.2 Å². The first-order chi connectivity index (χ1) is 7.08. The molecule has 0 aromatic carbocycles. The van der Waals surface area contributed by atoms with Crippen molar-refractivity contribution in [2.75, 3.05) is 25.2 Å². The van der Waals surface area contributed by atoms with Crippen molar-refractivity contribution in [1.82, 2.24) is 0 Å². The summed E-state index contributed by atoms with van der Waals surface area (Å²) in [5, 5.41) is 0.891. The Balaban J connectivity index is 2.40. The quantitative estimate of drug-likeness (QED) is 0.335. The summed E-state index contributed by atoms with van der Waals surface area (Å²) < 4.78 is 15.1. The molecule has 0 aliphatic carbocycles. The fourth-order valence-electron chi connectivity index (χ4n) is 1.10. The van der Waals surface area contributed by atoms with Gasteiger partial charge in [0.25, 0.3) is 0 Å². The van der Waals surface area contributed by atoms with Gasteiger partial charge in [0.2, 0.25) is 0 Å². The highest BCUT2D eigenvalue weighted by Crippen LogP contribution is 2.30. The van der Waals surface area contributed by atoms with Crippen molar-refractivity contribution in [1.29, 1.82) is 0 Å². The van der Waals surface area contributed by atoms with E-state index in [4.69, 9.17) is 14.2 Å². The fraction of sp³-hybridized carbons (Fsp3) is 0.700. The third kappa shape index (κ3) is 3.41. The first-order valence-corrected chi connectivity index (χ1v) is 5.88. The van der Waals surface area contributed by atoms with E-state index < -0.39 is 11.6 Å². The Kier molecular flexibility index (Phi) is 4.45. The van der Waals surface area contributed by atoms with Gasteiger partial charge in [-0.2, -0.15) is 0 Å². The zero-order valence-corrected chi connectivity index (χ0v) is 10.3. The Hall–Kier alpha value is -0.710. The summed E-state index contributed by atoms with van der Waals surface area (Å²) in [6.07, 6.45) is 0.288. The first-order valence-electron chi connectivity index (χ1n) is 4.76. The minimum atomic E-state index is -0.624. The number of carbonyl (C=O) groups is 1. The molecule has 4 nitrogen and oxygen atoms in total. The van der Waals surface area contributed by atoms with Crippen molar-refractivity contribution in [2.24, 2.45) is 5.41 Å². The van der Waals surface area contributed by atoms with Crippen LogP contribution in [0.3, 0.4) is 0 Å². The maximum absolute atomic E-state index is 10.7. The van der Waals surface area contributed by atoms with Gasteiger partial charge in [-0.15, -0.1) is 0 Å². The topological polar surface area (TPSA) is 44.8 Å². The van der Waals surface area contributed by atoms with Crippen LogP contribution in [0.4, 0.5) is 4.79 Å². The molecule has 0 radical (unpaired) electrons. The second kappa shape index (κ2) is 5.39. The van der Waals surface area contributed by atoms with Gasteiger partial charge in [0.1, 0.15) is 19.0 Å². The van der Waals surface area contributed by atoms with Crippen molar-refractivity contribution in [3.63, 3.8) is 0 Å². The van der Waals surface area contributed by atoms with Crippen LogP contribution in [0.15, 0.2) is 12.3 Å². The van der Waals surface area contributed by atoms with Gasteiger partial charge in [-0.1, -0.05) is 22.5 Å². The Labute approximate surface area is 97.7 Å². The molecule has 0 atom stereocenters. The molecule has 0 aromatic heterocycles. The number of carbonyl (C=O) groups excluding carboxylic acids is 1. The number of rotatable bonds is 5. The average Bonchev–Trinajstić information content (AvgIpc) is 2.23. The molecule has 0 aromatic rings. The molecule has 1 aliphatic rings. The van der Waals surface area contributed by atoms with Gasteiger partial charge in [-0.25, -0.2) is 4.79 Å². The van der Waals surface area contributed by atoms with E-state index in [-0.39, 0.29) is 13.2 Å². The summed E-state index contributed by atoms with van der Waals surface area (Å²) in [5.41, 5.74) is -0.430. The van der Waals surface area contributed by atoms with Crippen molar-refractivity contribution in [2.45, 2.75) is 13.3 Å². The molecule has 0 spiro atoms. The number of cyclic esters (lactones) is 2. The van der Waals surface area contributed by atoms with Crippen LogP contribution in [0.2, 0.25) is 0 Å². The largest absolute Gasteiger partial charge is 0.508 e. The fourth-order valence-corrected chi connectivity index (χ4v) is 1.33. The van der Waals surface area contributed by atoms with Crippen molar-refractivity contribution in [3.8, 4) is 0 Å². The summed E-state index contributed by atoms with van der Waals surface area (Å²) in [5.74, 6) is 0.607. The molecule has 15 heavy (non-hydrogen) atoms. The van der Waals surface area contributed by atoms with Gasteiger partial charge in [0.15, 0.2) is 0 Å². The minimum absolute atomic E-state index is 0.263. The molecular weight excluding hydrogens is 264 g/mol. The number of ether oxygens (including phenoxy) is 3. The van der Waals surface area contributed by atoms with Crippen molar-refractivity contribution in [3.05, 3.63) is 12.3 Å². The van der Waals surface area contributed by atoms with E-state index in [0.717, 1.165) is 11.8 Å². The summed E-state index contributed by atoms with van der Waals surface area (Å²) in [4.78, 5) is 10.7. The molecule has 1 aliphatic heterocycles. The molecule has 1 heterocycles. The lowest BCUT2D eigenvalue weighted by molar-refractivity contribution is -0.0571. The smallest absolute Gasteiger partial charge is 0.498 e. The average molecular weight is 279 g/mol. The normalized spacial score (nSPS) is 18.9. The van der Waals surface area contributed by atoms with Crippen LogP contribution in [-0.4, -0.2) is 31.3 Å². The van der Waals surface area contributed by atoms with Gasteiger partial charge in [-0.3, -0.25) is 0 Å². The Morgan fingerprint density at radius 1 is 1.60 bits per heavy atom. The molecule has 0 amide bonds. The van der Waals surface area contributed by atoms with Crippen LogP contribution < -0.4 is 0 Å². The van der Waals surface area contributed by atoms with E-state index in [2.05, 4.69) is 22.5 Å². The third-order valence-electron chi connectivity index (χ3n) is 2.24. The summed E-state index contributed by atoms with van der Waals surface area (Å²) in [7, 11) is 0. The van der Waals surface area contributed by atoms with E-state index in [0.29, 0.717) is 12.4 Å². The van der Waals surface area contributed by atoms with Crippen LogP contribution in [0.1, 0.15) is 13.3 Å². The number of hydrogen-bond donors (Lipinski definition) is 0. The number of halogens is 1. The monoisotopic (exact) mass is 278 g/mol. The van der Waals surface area contributed by atoms with Crippen LogP contribution in [0.5, 0.6) is 0 Å². The van der Waals surface area contributed by atoms with E-state index in [1.807, 2.05) is 6.92 Å². The predicted octanol–water partition coefficient (Wildman–Crippen LogP) is 2.47. The molecule has 0 saturated carbocycles. The molecule has 1 saturated heterocycles. The lowest BCUT2D eigenvalue weighted by Crippen LogP contribution is -2.39. The van der Waals surface area contributed by atoms with Gasteiger partial charge >= 0.3 is 6.16 Å². The summed E-state index contributed by atoms with van der Waals surface area (Å²) in [6.45, 7) is 6.87. The molecule has 86 valence electrons. The predicted molar refractivity (Wildman–Crippen MR) is 58.9 cm³/mol. The van der Waals surface area contributed by atoms with E-state index >= 15 is 0 Å². The second-order valence-electron chi connectivity index (χ2n) is 3.70. The Bertz CT molecular complexity index is 242. The standard InChI is InChI=1S/C10H15BrO4/c1-8(13-5-3-4-11)10(2)6-14-9(12)15-7-10/h1,3-7H2,2H3. The van der Waals surface area contributed by atoms with E-state index in [1.54, 1.807) is 0 Å². The Morgan fingerprint density at radius 2 is 2.20 bits per heavy atom. The number of alkyl halides is 1. The molecule has 5 heteroatoms. The van der Waals surface area contributed by atoms with Crippen molar-refractivity contribution < 1.29 is 19.0 Å². The van der Waals surface area contributed by atoms with E-state index in [1.165, 1.54) is 0 Å². The summed E-state index contributed by atoms with van der Waals surface area (Å²) in [6, 6.07) is 0. The highest BCUT2D eigenvalue weighted by molar-refractivity contribution is 9.09. The molecule has 1 rings (SSSR count). The zero-order valence-electron chi connectivity index (χ0n) is 8.75. The lowest BCUT2D eigenvalue weighted by Gasteiger charge is -2.33. The van der Waals surface area contributed by atoms with Gasteiger partial charge in [0.05, 0.1) is 12.0 Å². The van der Waals surface area contributed by atoms with Gasteiger partial charge in [-0.05, 0) is 13.3 Å². The summed E-state index contributed by atoms with van der Waals surface area (Å²) >= 11 is 3.31. The van der Waals surface area contributed by atoms with Crippen LogP contribution in [0.25, 0.3) is 0 Å². The molecule has 0 N–H and O–H groups in total. The third-order valence-corrected chi connectivity index (χ3v) is 2.81. The maximum atomic E-state index is 10.7. The lowest BCUT2D eigenvalue weighted by atomic mass is 9.90. The van der Waals surface area contributed by atoms with Gasteiger partial charge in [0, 0.05) is 5.33 Å². The first kappa shape index (κ1) is 12.4. The molecule has 0 unspecified atom stereocenters.